The third-order valence-electron chi connectivity index (χ3n) is 3.86. The topological polar surface area (TPSA) is 98.8 Å². The molecule has 0 N–H and O–H groups in total. The molecule has 1 aromatic carbocycles. The average molecular weight is 340 g/mol. The molecular weight excluding hydrogens is 324 g/mol. The van der Waals surface area contributed by atoms with Gasteiger partial charge < -0.3 is 9.15 Å². The number of fused-ring (bicyclic) bond motifs is 1. The summed E-state index contributed by atoms with van der Waals surface area (Å²) in [6.07, 6.45) is 1.68. The number of rotatable bonds is 4. The minimum Gasteiger partial charge on any atom is -0.468 e. The van der Waals surface area contributed by atoms with Gasteiger partial charge in [-0.2, -0.15) is 4.31 Å². The Morgan fingerprint density at radius 3 is 2.65 bits per heavy atom. The quantitative estimate of drug-likeness (QED) is 0.754. The maximum Gasteiger partial charge on any atom is 0.420 e. The second-order valence-corrected chi connectivity index (χ2v) is 7.21. The molecule has 1 aliphatic rings. The second kappa shape index (κ2) is 5.82. The van der Waals surface area contributed by atoms with E-state index in [1.807, 2.05) is 0 Å². The minimum absolute atomic E-state index is 0.0749. The maximum absolute atomic E-state index is 12.5. The third-order valence-corrected chi connectivity index (χ3v) is 5.75. The molecule has 2 aromatic rings. The summed E-state index contributed by atoms with van der Waals surface area (Å²) in [5, 5.41) is 0. The second-order valence-electron chi connectivity index (χ2n) is 5.27. The number of nitrogens with zero attached hydrogens (tertiary/aromatic N) is 2. The molecule has 1 saturated heterocycles. The van der Waals surface area contributed by atoms with Gasteiger partial charge in [-0.25, -0.2) is 13.2 Å². The van der Waals surface area contributed by atoms with Gasteiger partial charge in [0.2, 0.25) is 10.0 Å². The zero-order valence-electron chi connectivity index (χ0n) is 12.5. The number of oxazole rings is 1. The number of benzene rings is 1. The van der Waals surface area contributed by atoms with Gasteiger partial charge in [0, 0.05) is 19.2 Å². The lowest BCUT2D eigenvalue weighted by molar-refractivity contribution is -0.141. The van der Waals surface area contributed by atoms with Crippen molar-refractivity contribution < 1.29 is 22.4 Å². The van der Waals surface area contributed by atoms with Crippen LogP contribution in [-0.2, 0) is 26.1 Å². The van der Waals surface area contributed by atoms with E-state index in [1.165, 1.54) is 29.6 Å². The summed E-state index contributed by atoms with van der Waals surface area (Å²) in [6.45, 7) is 0.696. The Bertz CT molecular complexity index is 905. The lowest BCUT2D eigenvalue weighted by Gasteiger charge is -2.15. The molecule has 2 heterocycles. The Morgan fingerprint density at radius 1 is 1.30 bits per heavy atom. The number of methoxy groups -OCH3 is 1. The zero-order chi connectivity index (χ0) is 16.6. The number of ether oxygens (including phenoxy) is 1. The van der Waals surface area contributed by atoms with E-state index in [9.17, 15) is 18.0 Å². The van der Waals surface area contributed by atoms with E-state index >= 15 is 0 Å². The monoisotopic (exact) mass is 340 g/mol. The van der Waals surface area contributed by atoms with Crippen LogP contribution in [-0.4, -0.2) is 43.5 Å². The smallest absolute Gasteiger partial charge is 0.420 e. The van der Waals surface area contributed by atoms with Gasteiger partial charge in [-0.1, -0.05) is 0 Å². The Kier molecular flexibility index (Phi) is 3.99. The molecule has 1 fully saturated rings. The minimum atomic E-state index is -3.59. The molecular formula is C14H16N2O6S. The summed E-state index contributed by atoms with van der Waals surface area (Å²) in [5.41, 5.74) is 0.472. The molecule has 0 spiro atoms. The van der Waals surface area contributed by atoms with Gasteiger partial charge in [0.15, 0.2) is 5.58 Å². The number of aromatic nitrogens is 1. The van der Waals surface area contributed by atoms with Crippen LogP contribution in [0.3, 0.4) is 0 Å². The summed E-state index contributed by atoms with van der Waals surface area (Å²) in [5.74, 6) is -1.33. The maximum atomic E-state index is 12.5. The van der Waals surface area contributed by atoms with Crippen molar-refractivity contribution in [3.63, 3.8) is 0 Å². The number of hydrogen-bond acceptors (Lipinski definition) is 6. The van der Waals surface area contributed by atoms with Crippen molar-refractivity contribution in [3.05, 3.63) is 28.7 Å². The van der Waals surface area contributed by atoms with Crippen LogP contribution in [0.5, 0.6) is 0 Å². The van der Waals surface area contributed by atoms with Gasteiger partial charge in [0.1, 0.15) is 6.54 Å². The van der Waals surface area contributed by atoms with E-state index < -0.39 is 21.7 Å². The molecule has 3 rings (SSSR count). The fraction of sp³-hybridized carbons (Fsp3) is 0.429. The zero-order valence-corrected chi connectivity index (χ0v) is 13.3. The highest BCUT2D eigenvalue weighted by Crippen LogP contribution is 2.24. The summed E-state index contributed by atoms with van der Waals surface area (Å²) in [6, 6.07) is 4.20. The molecule has 9 heteroatoms. The molecule has 0 bridgehead atoms. The van der Waals surface area contributed by atoms with E-state index in [0.29, 0.717) is 18.6 Å². The van der Waals surface area contributed by atoms with Crippen LogP contribution in [0.1, 0.15) is 12.8 Å². The van der Waals surface area contributed by atoms with Crippen molar-refractivity contribution in [2.24, 2.45) is 0 Å². The van der Waals surface area contributed by atoms with E-state index in [0.717, 1.165) is 17.4 Å². The van der Waals surface area contributed by atoms with Gasteiger partial charge in [-0.3, -0.25) is 9.36 Å². The van der Waals surface area contributed by atoms with Crippen LogP contribution in [0.15, 0.2) is 32.3 Å². The first-order chi connectivity index (χ1) is 10.9. The fourth-order valence-corrected chi connectivity index (χ4v) is 4.16. The molecule has 1 aliphatic heterocycles. The van der Waals surface area contributed by atoms with Crippen molar-refractivity contribution in [1.82, 2.24) is 8.87 Å². The van der Waals surface area contributed by atoms with Crippen LogP contribution < -0.4 is 5.76 Å². The number of hydrogen-bond donors (Lipinski definition) is 0. The van der Waals surface area contributed by atoms with Crippen LogP contribution in [0.4, 0.5) is 0 Å². The fourth-order valence-electron chi connectivity index (χ4n) is 2.63. The highest BCUT2D eigenvalue weighted by molar-refractivity contribution is 7.89. The highest BCUT2D eigenvalue weighted by atomic mass is 32.2. The van der Waals surface area contributed by atoms with Gasteiger partial charge in [-0.05, 0) is 25.0 Å². The van der Waals surface area contributed by atoms with Gasteiger partial charge in [-0.15, -0.1) is 0 Å². The number of esters is 1. The highest BCUT2D eigenvalue weighted by Gasteiger charge is 2.28. The number of carbonyl (C=O) groups excluding carboxylic acids is 1. The van der Waals surface area contributed by atoms with E-state index in [2.05, 4.69) is 4.74 Å². The molecule has 0 unspecified atom stereocenters. The van der Waals surface area contributed by atoms with E-state index in [-0.39, 0.29) is 17.0 Å². The normalized spacial score (nSPS) is 16.0. The van der Waals surface area contributed by atoms with Gasteiger partial charge in [0.05, 0.1) is 17.5 Å². The molecule has 0 radical (unpaired) electrons. The largest absolute Gasteiger partial charge is 0.468 e. The van der Waals surface area contributed by atoms with Crippen LogP contribution in [0.2, 0.25) is 0 Å². The van der Waals surface area contributed by atoms with Crippen LogP contribution >= 0.6 is 0 Å². The lowest BCUT2D eigenvalue weighted by atomic mass is 10.3. The molecule has 124 valence electrons. The Hall–Kier alpha value is -2.13. The molecule has 0 amide bonds. The SMILES string of the molecule is COC(=O)Cn1c(=O)oc2cc(S(=O)(=O)N3CCCC3)ccc21. The van der Waals surface area contributed by atoms with Crippen LogP contribution in [0, 0.1) is 0 Å². The molecule has 0 atom stereocenters. The van der Waals surface area contributed by atoms with E-state index in [4.69, 9.17) is 4.42 Å². The first-order valence-electron chi connectivity index (χ1n) is 7.14. The molecule has 0 saturated carbocycles. The molecule has 1 aromatic heterocycles. The predicted octanol–water partition coefficient (Wildman–Crippen LogP) is 0.552. The van der Waals surface area contributed by atoms with Crippen molar-refractivity contribution in [1.29, 1.82) is 0 Å². The van der Waals surface area contributed by atoms with Crippen LogP contribution in [0.25, 0.3) is 11.1 Å². The first kappa shape index (κ1) is 15.8. The third kappa shape index (κ3) is 2.77. The van der Waals surface area contributed by atoms with Crippen molar-refractivity contribution >= 4 is 27.1 Å². The van der Waals surface area contributed by atoms with Crippen molar-refractivity contribution in [2.45, 2.75) is 24.3 Å². The Morgan fingerprint density at radius 2 is 2.00 bits per heavy atom. The Labute approximate surface area is 132 Å². The van der Waals surface area contributed by atoms with Gasteiger partial charge >= 0.3 is 11.7 Å². The molecule has 0 aliphatic carbocycles. The molecule has 23 heavy (non-hydrogen) atoms. The summed E-state index contributed by atoms with van der Waals surface area (Å²) in [4.78, 5) is 23.3. The number of sulfonamides is 1. The summed E-state index contributed by atoms with van der Waals surface area (Å²) < 4.78 is 37.1. The van der Waals surface area contributed by atoms with Crippen molar-refractivity contribution in [2.75, 3.05) is 20.2 Å². The van der Waals surface area contributed by atoms with Crippen molar-refractivity contribution in [3.8, 4) is 0 Å². The number of carbonyl (C=O) groups is 1. The average Bonchev–Trinajstić information content (AvgIpc) is 3.16. The summed E-state index contributed by atoms with van der Waals surface area (Å²) >= 11 is 0. The summed E-state index contributed by atoms with van der Waals surface area (Å²) in [7, 11) is -2.37. The predicted molar refractivity (Wildman–Crippen MR) is 80.5 cm³/mol. The van der Waals surface area contributed by atoms with Gasteiger partial charge in [0.25, 0.3) is 0 Å². The van der Waals surface area contributed by atoms with E-state index in [1.54, 1.807) is 0 Å². The Balaban J connectivity index is 2.03. The standard InChI is InChI=1S/C14H16N2O6S/c1-21-13(17)9-16-11-5-4-10(8-12(11)22-14(16)18)23(19,20)15-6-2-3-7-15/h4-5,8H,2-3,6-7,9H2,1H3. The molecule has 8 nitrogen and oxygen atoms in total. The first-order valence-corrected chi connectivity index (χ1v) is 8.58. The lowest BCUT2D eigenvalue weighted by Crippen LogP contribution is -2.27.